The van der Waals surface area contributed by atoms with Gasteiger partial charge in [0, 0.05) is 27.7 Å². The monoisotopic (exact) mass is 667 g/mol. The van der Waals surface area contributed by atoms with E-state index in [-0.39, 0.29) is 46.3 Å². The Morgan fingerprint density at radius 1 is 0.930 bits per heavy atom. The predicted octanol–water partition coefficient (Wildman–Crippen LogP) is 6.88. The number of halogens is 3. The van der Waals surface area contributed by atoms with Crippen molar-refractivity contribution >= 4 is 62.3 Å². The third-order valence-electron chi connectivity index (χ3n) is 7.04. The summed E-state index contributed by atoms with van der Waals surface area (Å²) in [7, 11) is -2.91. The highest BCUT2D eigenvalue weighted by atomic mass is 35.5. The second-order valence-corrected chi connectivity index (χ2v) is 13.3. The number of rotatable bonds is 13. The Kier molecular flexibility index (Phi) is 12.2. The lowest BCUT2D eigenvalue weighted by molar-refractivity contribution is -0.140. The van der Waals surface area contributed by atoms with Gasteiger partial charge in [0.05, 0.1) is 17.7 Å². The Morgan fingerprint density at radius 2 is 1.56 bits per heavy atom. The van der Waals surface area contributed by atoms with Crippen LogP contribution in [-0.4, -0.2) is 50.9 Å². The maximum Gasteiger partial charge on any atom is 0.264 e. The number of methoxy groups -OCH3 is 1. The van der Waals surface area contributed by atoms with Crippen molar-refractivity contribution in [1.82, 2.24) is 10.2 Å². The summed E-state index contributed by atoms with van der Waals surface area (Å²) in [6.07, 6.45) is 0.959. The Balaban J connectivity index is 2.15. The minimum absolute atomic E-state index is 0.0261. The Labute approximate surface area is 268 Å². The minimum Gasteiger partial charge on any atom is -0.495 e. The lowest BCUT2D eigenvalue weighted by Gasteiger charge is -2.34. The smallest absolute Gasteiger partial charge is 0.264 e. The number of hydrogen-bond acceptors (Lipinski definition) is 5. The molecule has 3 aromatic carbocycles. The van der Waals surface area contributed by atoms with Crippen molar-refractivity contribution in [2.75, 3.05) is 18.0 Å². The highest BCUT2D eigenvalue weighted by Gasteiger charge is 2.35. The molecule has 0 bridgehead atoms. The first-order valence-corrected chi connectivity index (χ1v) is 16.4. The van der Waals surface area contributed by atoms with Crippen LogP contribution in [-0.2, 0) is 26.2 Å². The number of carbonyl (C=O) groups excluding carboxylic acids is 2. The van der Waals surface area contributed by atoms with Crippen LogP contribution in [0.3, 0.4) is 0 Å². The first kappa shape index (κ1) is 34.5. The predicted molar refractivity (Wildman–Crippen MR) is 173 cm³/mol. The second kappa shape index (κ2) is 15.1. The van der Waals surface area contributed by atoms with Crippen molar-refractivity contribution in [3.8, 4) is 5.75 Å². The summed E-state index contributed by atoms with van der Waals surface area (Å²) in [6, 6.07) is 14.6. The molecule has 0 spiro atoms. The molecule has 0 fully saturated rings. The van der Waals surface area contributed by atoms with E-state index in [0.717, 1.165) is 9.87 Å². The van der Waals surface area contributed by atoms with Gasteiger partial charge in [-0.25, -0.2) is 8.42 Å². The largest absolute Gasteiger partial charge is 0.495 e. The van der Waals surface area contributed by atoms with E-state index in [1.54, 1.807) is 43.3 Å². The van der Waals surface area contributed by atoms with Gasteiger partial charge in [-0.15, -0.1) is 0 Å². The van der Waals surface area contributed by atoms with Gasteiger partial charge >= 0.3 is 0 Å². The third kappa shape index (κ3) is 8.56. The van der Waals surface area contributed by atoms with Gasteiger partial charge in [0.1, 0.15) is 18.3 Å². The molecule has 8 nitrogen and oxygen atoms in total. The first-order chi connectivity index (χ1) is 20.3. The number of nitrogens with zero attached hydrogens (tertiary/aromatic N) is 2. The highest BCUT2D eigenvalue weighted by Crippen LogP contribution is 2.35. The summed E-state index contributed by atoms with van der Waals surface area (Å²) in [6.45, 7) is 6.72. The maximum atomic E-state index is 14.3. The standard InChI is InChI=1S/C31H36Cl3N3O5S/c1-6-21(4)35-31(39)27(7-2)36(18-22-10-11-23(32)16-26(22)34)30(38)19-37(28-17-24(33)12-15-29(28)42-5)43(40,41)25-13-8-20(3)9-14-25/h8-17,21,27H,6-7,18-19H2,1-5H3,(H,35,39)/t21-,27-/m0/s1. The molecule has 2 amide bonds. The summed E-state index contributed by atoms with van der Waals surface area (Å²) in [4.78, 5) is 29.0. The fraction of sp³-hybridized carbons (Fsp3) is 0.355. The van der Waals surface area contributed by atoms with Crippen LogP contribution in [0.25, 0.3) is 0 Å². The minimum atomic E-state index is -4.31. The van der Waals surface area contributed by atoms with Crippen LogP contribution in [0.4, 0.5) is 5.69 Å². The number of benzene rings is 3. The van der Waals surface area contributed by atoms with Gasteiger partial charge in [-0.05, 0) is 74.7 Å². The molecule has 0 aliphatic carbocycles. The van der Waals surface area contributed by atoms with Gasteiger partial charge in [-0.2, -0.15) is 0 Å². The molecule has 0 radical (unpaired) electrons. The van der Waals surface area contributed by atoms with E-state index in [9.17, 15) is 18.0 Å². The number of carbonyl (C=O) groups is 2. The van der Waals surface area contributed by atoms with Crippen LogP contribution >= 0.6 is 34.8 Å². The Bertz CT molecular complexity index is 1550. The molecule has 3 aromatic rings. The number of anilines is 1. The van der Waals surface area contributed by atoms with Crippen molar-refractivity contribution in [3.63, 3.8) is 0 Å². The number of ether oxygens (including phenoxy) is 1. The van der Waals surface area contributed by atoms with Gasteiger partial charge < -0.3 is 15.0 Å². The van der Waals surface area contributed by atoms with Crippen LogP contribution in [0.15, 0.2) is 65.6 Å². The fourth-order valence-corrected chi connectivity index (χ4v) is 6.45. The molecule has 1 N–H and O–H groups in total. The number of aryl methyl sites for hydroxylation is 1. The van der Waals surface area contributed by atoms with Gasteiger partial charge in [0.15, 0.2) is 0 Å². The zero-order chi connectivity index (χ0) is 31.9. The second-order valence-electron chi connectivity index (χ2n) is 10.1. The average molecular weight is 669 g/mol. The molecular formula is C31H36Cl3N3O5S. The van der Waals surface area contributed by atoms with Crippen molar-refractivity contribution in [3.05, 3.63) is 86.9 Å². The molecule has 0 aromatic heterocycles. The Morgan fingerprint density at radius 3 is 2.14 bits per heavy atom. The quantitative estimate of drug-likeness (QED) is 0.214. The fourth-order valence-electron chi connectivity index (χ4n) is 4.40. The topological polar surface area (TPSA) is 96.0 Å². The molecule has 2 atom stereocenters. The van der Waals surface area contributed by atoms with Crippen LogP contribution in [0.2, 0.25) is 15.1 Å². The molecule has 232 valence electrons. The van der Waals surface area contributed by atoms with E-state index >= 15 is 0 Å². The van der Waals surface area contributed by atoms with E-state index in [2.05, 4.69) is 5.32 Å². The number of amides is 2. The van der Waals surface area contributed by atoms with Crippen LogP contribution in [0.1, 0.15) is 44.7 Å². The zero-order valence-electron chi connectivity index (χ0n) is 24.7. The molecule has 0 aliphatic rings. The molecule has 0 saturated heterocycles. The maximum absolute atomic E-state index is 14.3. The Hall–Kier alpha value is -2.98. The van der Waals surface area contributed by atoms with Crippen LogP contribution < -0.4 is 14.4 Å². The van der Waals surface area contributed by atoms with E-state index in [1.165, 1.54) is 36.3 Å². The first-order valence-electron chi connectivity index (χ1n) is 13.8. The molecule has 0 unspecified atom stereocenters. The van der Waals surface area contributed by atoms with Crippen molar-refractivity contribution in [1.29, 1.82) is 0 Å². The lowest BCUT2D eigenvalue weighted by Crippen LogP contribution is -2.53. The van der Waals surface area contributed by atoms with E-state index < -0.39 is 28.5 Å². The third-order valence-corrected chi connectivity index (χ3v) is 9.64. The van der Waals surface area contributed by atoms with Crippen LogP contribution in [0, 0.1) is 6.92 Å². The van der Waals surface area contributed by atoms with Gasteiger partial charge in [-0.3, -0.25) is 13.9 Å². The molecule has 0 saturated carbocycles. The van der Waals surface area contributed by atoms with Gasteiger partial charge in [0.2, 0.25) is 11.8 Å². The van der Waals surface area contributed by atoms with E-state index in [1.807, 2.05) is 20.8 Å². The molecule has 0 aliphatic heterocycles. The van der Waals surface area contributed by atoms with Crippen molar-refractivity contribution < 1.29 is 22.7 Å². The highest BCUT2D eigenvalue weighted by molar-refractivity contribution is 7.92. The van der Waals surface area contributed by atoms with E-state index in [0.29, 0.717) is 22.0 Å². The number of nitrogens with one attached hydrogen (secondary N) is 1. The molecular weight excluding hydrogens is 633 g/mol. The summed E-state index contributed by atoms with van der Waals surface area (Å²) in [5.74, 6) is -0.791. The normalized spacial score (nSPS) is 12.7. The number of sulfonamides is 1. The summed E-state index contributed by atoms with van der Waals surface area (Å²) in [5, 5.41) is 3.91. The van der Waals surface area contributed by atoms with Crippen molar-refractivity contribution in [2.45, 2.75) is 64.1 Å². The number of hydrogen-bond donors (Lipinski definition) is 1. The van der Waals surface area contributed by atoms with Crippen LogP contribution in [0.5, 0.6) is 5.75 Å². The lowest BCUT2D eigenvalue weighted by atomic mass is 10.1. The molecule has 3 rings (SSSR count). The van der Waals surface area contributed by atoms with E-state index in [4.69, 9.17) is 39.5 Å². The zero-order valence-corrected chi connectivity index (χ0v) is 27.8. The van der Waals surface area contributed by atoms with Crippen molar-refractivity contribution in [2.24, 2.45) is 0 Å². The molecule has 0 heterocycles. The molecule has 43 heavy (non-hydrogen) atoms. The summed E-state index contributed by atoms with van der Waals surface area (Å²) >= 11 is 18.9. The summed E-state index contributed by atoms with van der Waals surface area (Å²) in [5.41, 5.74) is 1.49. The van der Waals surface area contributed by atoms with Gasteiger partial charge in [0.25, 0.3) is 10.0 Å². The SMILES string of the molecule is CC[C@H](C)NC(=O)[C@H](CC)N(Cc1ccc(Cl)cc1Cl)C(=O)CN(c1cc(Cl)ccc1OC)S(=O)(=O)c1ccc(C)cc1. The summed E-state index contributed by atoms with van der Waals surface area (Å²) < 4.78 is 34.7. The molecule has 12 heteroatoms. The average Bonchev–Trinajstić information content (AvgIpc) is 2.96. The van der Waals surface area contributed by atoms with Gasteiger partial charge in [-0.1, -0.05) is 72.4 Å².